The van der Waals surface area contributed by atoms with Crippen molar-refractivity contribution in [1.82, 2.24) is 5.32 Å². The van der Waals surface area contributed by atoms with E-state index in [-0.39, 0.29) is 0 Å². The maximum Gasteiger partial charge on any atom is 0.0771 e. The Labute approximate surface area is 117 Å². The lowest BCUT2D eigenvalue weighted by Gasteiger charge is -2.33. The molecule has 0 saturated heterocycles. The molecule has 1 aromatic rings. The van der Waals surface area contributed by atoms with E-state index in [1.165, 1.54) is 23.1 Å². The molecule has 1 atom stereocenters. The van der Waals surface area contributed by atoms with Gasteiger partial charge in [0.2, 0.25) is 0 Å². The lowest BCUT2D eigenvalue weighted by atomic mass is 9.84. The van der Waals surface area contributed by atoms with Crippen LogP contribution in [0.15, 0.2) is 18.2 Å². The topological polar surface area (TPSA) is 32.3 Å². The third-order valence-electron chi connectivity index (χ3n) is 4.27. The molecule has 106 valence electrons. The van der Waals surface area contributed by atoms with Gasteiger partial charge in [-0.15, -0.1) is 0 Å². The van der Waals surface area contributed by atoms with Crippen molar-refractivity contribution in [3.8, 4) is 0 Å². The van der Waals surface area contributed by atoms with Gasteiger partial charge in [0.25, 0.3) is 0 Å². The fourth-order valence-electron chi connectivity index (χ4n) is 3.11. The van der Waals surface area contributed by atoms with Crippen molar-refractivity contribution in [2.75, 3.05) is 6.54 Å². The standard InChI is InChI=1S/C17H27NO/c1-13-9-14(2)11-16(10-13)15(3)18-12-17(19)7-5-4-6-8-17/h9-11,15,18-19H,4-8,12H2,1-3H3. The van der Waals surface area contributed by atoms with Crippen LogP contribution in [0.5, 0.6) is 0 Å². The molecule has 1 aliphatic carbocycles. The van der Waals surface area contributed by atoms with E-state index in [1.807, 2.05) is 0 Å². The predicted molar refractivity (Wildman–Crippen MR) is 80.4 cm³/mol. The number of aliphatic hydroxyl groups is 1. The average molecular weight is 261 g/mol. The van der Waals surface area contributed by atoms with Crippen LogP contribution < -0.4 is 5.32 Å². The van der Waals surface area contributed by atoms with Crippen molar-refractivity contribution >= 4 is 0 Å². The van der Waals surface area contributed by atoms with Crippen LogP contribution in [-0.2, 0) is 0 Å². The number of benzene rings is 1. The van der Waals surface area contributed by atoms with Gasteiger partial charge in [-0.2, -0.15) is 0 Å². The van der Waals surface area contributed by atoms with Gasteiger partial charge in [-0.3, -0.25) is 0 Å². The summed E-state index contributed by atoms with van der Waals surface area (Å²) < 4.78 is 0. The average Bonchev–Trinajstić information content (AvgIpc) is 2.36. The first kappa shape index (κ1) is 14.5. The lowest BCUT2D eigenvalue weighted by molar-refractivity contribution is 0.00300. The molecule has 0 heterocycles. The summed E-state index contributed by atoms with van der Waals surface area (Å²) in [6.45, 7) is 7.16. The highest BCUT2D eigenvalue weighted by atomic mass is 16.3. The zero-order valence-corrected chi connectivity index (χ0v) is 12.5. The molecule has 1 aromatic carbocycles. The summed E-state index contributed by atoms with van der Waals surface area (Å²) in [7, 11) is 0. The molecule has 19 heavy (non-hydrogen) atoms. The van der Waals surface area contributed by atoms with Gasteiger partial charge in [0.1, 0.15) is 0 Å². The minimum Gasteiger partial charge on any atom is -0.389 e. The predicted octanol–water partition coefficient (Wildman–Crippen LogP) is 3.65. The van der Waals surface area contributed by atoms with E-state index in [4.69, 9.17) is 0 Å². The van der Waals surface area contributed by atoms with E-state index < -0.39 is 5.60 Å². The fourth-order valence-corrected chi connectivity index (χ4v) is 3.11. The normalized spacial score (nSPS) is 20.2. The highest BCUT2D eigenvalue weighted by Gasteiger charge is 2.29. The van der Waals surface area contributed by atoms with E-state index in [1.54, 1.807) is 0 Å². The number of hydrogen-bond acceptors (Lipinski definition) is 2. The van der Waals surface area contributed by atoms with Crippen molar-refractivity contribution in [2.24, 2.45) is 0 Å². The number of nitrogens with one attached hydrogen (secondary N) is 1. The van der Waals surface area contributed by atoms with E-state index in [9.17, 15) is 5.11 Å². The summed E-state index contributed by atoms with van der Waals surface area (Å²) >= 11 is 0. The molecule has 0 spiro atoms. The molecule has 2 heteroatoms. The van der Waals surface area contributed by atoms with E-state index in [2.05, 4.69) is 44.3 Å². The Hall–Kier alpha value is -0.860. The largest absolute Gasteiger partial charge is 0.389 e. The first-order chi connectivity index (χ1) is 8.98. The second-order valence-corrected chi connectivity index (χ2v) is 6.31. The minimum atomic E-state index is -0.481. The maximum absolute atomic E-state index is 10.5. The van der Waals surface area contributed by atoms with Gasteiger partial charge in [-0.25, -0.2) is 0 Å². The second kappa shape index (κ2) is 6.06. The molecule has 2 rings (SSSR count). The molecule has 1 fully saturated rings. The third-order valence-corrected chi connectivity index (χ3v) is 4.27. The molecular weight excluding hydrogens is 234 g/mol. The van der Waals surface area contributed by atoms with Gasteiger partial charge in [0.15, 0.2) is 0 Å². The Morgan fingerprint density at radius 3 is 2.26 bits per heavy atom. The molecular formula is C17H27NO. The first-order valence-electron chi connectivity index (χ1n) is 7.52. The van der Waals surface area contributed by atoms with Crippen LogP contribution in [0.3, 0.4) is 0 Å². The van der Waals surface area contributed by atoms with Gasteiger partial charge < -0.3 is 10.4 Å². The van der Waals surface area contributed by atoms with Crippen LogP contribution in [0.1, 0.15) is 61.8 Å². The summed E-state index contributed by atoms with van der Waals surface area (Å²) in [4.78, 5) is 0. The summed E-state index contributed by atoms with van der Waals surface area (Å²) in [6, 6.07) is 6.96. The van der Waals surface area contributed by atoms with Crippen molar-refractivity contribution in [1.29, 1.82) is 0 Å². The van der Waals surface area contributed by atoms with E-state index in [0.717, 1.165) is 25.7 Å². The number of rotatable bonds is 4. The first-order valence-corrected chi connectivity index (χ1v) is 7.52. The van der Waals surface area contributed by atoms with Crippen molar-refractivity contribution in [2.45, 2.75) is 64.5 Å². The Morgan fingerprint density at radius 2 is 1.68 bits per heavy atom. The van der Waals surface area contributed by atoms with Crippen LogP contribution in [-0.4, -0.2) is 17.3 Å². The Kier molecular flexibility index (Phi) is 4.64. The number of aryl methyl sites for hydroxylation is 2. The quantitative estimate of drug-likeness (QED) is 0.867. The summed E-state index contributed by atoms with van der Waals surface area (Å²) in [6.07, 6.45) is 5.49. The summed E-state index contributed by atoms with van der Waals surface area (Å²) in [5, 5.41) is 14.0. The molecule has 0 aromatic heterocycles. The van der Waals surface area contributed by atoms with Crippen molar-refractivity contribution in [3.63, 3.8) is 0 Å². The number of hydrogen-bond donors (Lipinski definition) is 2. The smallest absolute Gasteiger partial charge is 0.0771 e. The van der Waals surface area contributed by atoms with Crippen molar-refractivity contribution < 1.29 is 5.11 Å². The van der Waals surface area contributed by atoms with Crippen LogP contribution in [0, 0.1) is 13.8 Å². The molecule has 0 radical (unpaired) electrons. The van der Waals surface area contributed by atoms with Gasteiger partial charge >= 0.3 is 0 Å². The maximum atomic E-state index is 10.5. The Morgan fingerprint density at radius 1 is 1.11 bits per heavy atom. The van der Waals surface area contributed by atoms with Gasteiger partial charge in [0.05, 0.1) is 5.60 Å². The zero-order valence-electron chi connectivity index (χ0n) is 12.5. The Bertz CT molecular complexity index is 401. The molecule has 0 bridgehead atoms. The van der Waals surface area contributed by atoms with Gasteiger partial charge in [0, 0.05) is 12.6 Å². The fraction of sp³-hybridized carbons (Fsp3) is 0.647. The minimum absolute atomic E-state index is 0.296. The van der Waals surface area contributed by atoms with Crippen LogP contribution in [0.4, 0.5) is 0 Å². The third kappa shape index (κ3) is 4.05. The summed E-state index contributed by atoms with van der Waals surface area (Å²) in [5.74, 6) is 0. The SMILES string of the molecule is Cc1cc(C)cc(C(C)NCC2(O)CCCCC2)c1. The van der Waals surface area contributed by atoms with Crippen LogP contribution in [0.25, 0.3) is 0 Å². The summed E-state index contributed by atoms with van der Waals surface area (Å²) in [5.41, 5.74) is 3.45. The lowest BCUT2D eigenvalue weighted by Crippen LogP contribution is -2.42. The molecule has 2 N–H and O–H groups in total. The van der Waals surface area contributed by atoms with E-state index in [0.29, 0.717) is 12.6 Å². The van der Waals surface area contributed by atoms with E-state index >= 15 is 0 Å². The van der Waals surface area contributed by atoms with Crippen molar-refractivity contribution in [3.05, 3.63) is 34.9 Å². The van der Waals surface area contributed by atoms with Crippen LogP contribution >= 0.6 is 0 Å². The highest BCUT2D eigenvalue weighted by Crippen LogP contribution is 2.28. The molecule has 1 aliphatic rings. The molecule has 2 nitrogen and oxygen atoms in total. The highest BCUT2D eigenvalue weighted by molar-refractivity contribution is 5.30. The molecule has 1 saturated carbocycles. The van der Waals surface area contributed by atoms with Crippen LogP contribution in [0.2, 0.25) is 0 Å². The zero-order chi connectivity index (χ0) is 13.9. The molecule has 1 unspecified atom stereocenters. The monoisotopic (exact) mass is 261 g/mol. The second-order valence-electron chi connectivity index (χ2n) is 6.31. The molecule has 0 aliphatic heterocycles. The Balaban J connectivity index is 1.95. The molecule has 0 amide bonds. The van der Waals surface area contributed by atoms with Gasteiger partial charge in [-0.05, 0) is 39.2 Å². The van der Waals surface area contributed by atoms with Gasteiger partial charge in [-0.1, -0.05) is 48.6 Å².